The molecule has 0 aliphatic carbocycles. The zero-order valence-electron chi connectivity index (χ0n) is 13.9. The second-order valence-corrected chi connectivity index (χ2v) is 6.78. The molecule has 1 amide bonds. The molecule has 3 rings (SSSR count). The molecule has 1 fully saturated rings. The molecule has 0 bridgehead atoms. The first-order valence-corrected chi connectivity index (χ1v) is 8.82. The number of amidine groups is 1. The van der Waals surface area contributed by atoms with Gasteiger partial charge in [-0.05, 0) is 0 Å². The fraction of sp³-hybridized carbons (Fsp3) is 0.111. The molecule has 9 heteroatoms. The van der Waals surface area contributed by atoms with E-state index >= 15 is 0 Å². The molecule has 27 heavy (non-hydrogen) atoms. The van der Waals surface area contributed by atoms with E-state index in [1.165, 1.54) is 18.3 Å². The van der Waals surface area contributed by atoms with Gasteiger partial charge in [-0.25, -0.2) is 0 Å². The maximum absolute atomic E-state index is 12.2. The van der Waals surface area contributed by atoms with Crippen molar-refractivity contribution in [1.29, 1.82) is 0 Å². The van der Waals surface area contributed by atoms with Crippen LogP contribution in [-0.4, -0.2) is 33.2 Å². The fourth-order valence-electron chi connectivity index (χ4n) is 2.36. The van der Waals surface area contributed by atoms with Gasteiger partial charge in [0.05, 0.1) is 16.4 Å². The van der Waals surface area contributed by atoms with Gasteiger partial charge in [-0.15, -0.1) is 5.10 Å². The normalized spacial score (nSPS) is 18.0. The van der Waals surface area contributed by atoms with Crippen molar-refractivity contribution in [1.82, 2.24) is 5.32 Å². The number of hydrogen-bond donors (Lipinski definition) is 1. The van der Waals surface area contributed by atoms with Crippen LogP contribution in [0.1, 0.15) is 22.3 Å². The lowest BCUT2D eigenvalue weighted by molar-refractivity contribution is -0.384. The topological polar surface area (TPSA) is 114 Å². The van der Waals surface area contributed by atoms with E-state index in [2.05, 4.69) is 15.5 Å². The summed E-state index contributed by atoms with van der Waals surface area (Å²) in [7, 11) is 0. The van der Waals surface area contributed by atoms with Gasteiger partial charge in [-0.2, -0.15) is 5.10 Å². The van der Waals surface area contributed by atoms with Gasteiger partial charge in [-0.3, -0.25) is 19.7 Å². The van der Waals surface area contributed by atoms with E-state index in [1.807, 2.05) is 6.07 Å². The molecular weight excluding hydrogens is 368 g/mol. The van der Waals surface area contributed by atoms with Crippen molar-refractivity contribution < 1.29 is 14.5 Å². The van der Waals surface area contributed by atoms with Crippen LogP contribution in [0.15, 0.2) is 64.8 Å². The highest BCUT2D eigenvalue weighted by molar-refractivity contribution is 8.15. The van der Waals surface area contributed by atoms with Crippen molar-refractivity contribution in [2.75, 3.05) is 0 Å². The molecule has 1 aliphatic rings. The number of non-ortho nitro benzene ring substituents is 1. The fourth-order valence-corrected chi connectivity index (χ4v) is 3.29. The van der Waals surface area contributed by atoms with E-state index in [1.54, 1.807) is 36.4 Å². The van der Waals surface area contributed by atoms with Gasteiger partial charge in [0.1, 0.15) is 0 Å². The van der Waals surface area contributed by atoms with Crippen molar-refractivity contribution >= 4 is 40.5 Å². The molecule has 2 aromatic rings. The smallest absolute Gasteiger partial charge is 0.270 e. The highest BCUT2D eigenvalue weighted by Gasteiger charge is 2.32. The number of nitrogens with one attached hydrogen (secondary N) is 1. The summed E-state index contributed by atoms with van der Waals surface area (Å²) in [5.74, 6) is -0.418. The molecule has 8 nitrogen and oxygen atoms in total. The quantitative estimate of drug-likeness (QED) is 0.357. The Morgan fingerprint density at radius 1 is 1.22 bits per heavy atom. The minimum Gasteiger partial charge on any atom is -0.303 e. The lowest BCUT2D eigenvalue weighted by Crippen LogP contribution is -2.26. The Morgan fingerprint density at radius 3 is 2.74 bits per heavy atom. The van der Waals surface area contributed by atoms with Crippen molar-refractivity contribution in [3.8, 4) is 0 Å². The SMILES string of the molecule is O=C(CC1S/C(=N/N=C/c2cccc([N+](=O)[O-])c2)NC1=O)c1ccccc1. The number of nitro benzene ring substituents is 1. The first-order valence-electron chi connectivity index (χ1n) is 7.94. The van der Waals surface area contributed by atoms with Crippen LogP contribution in [0.4, 0.5) is 5.69 Å². The minimum absolute atomic E-state index is 0.0466. The van der Waals surface area contributed by atoms with Crippen molar-refractivity contribution in [3.05, 3.63) is 75.8 Å². The average Bonchev–Trinajstić information content (AvgIpc) is 3.02. The lowest BCUT2D eigenvalue weighted by Gasteiger charge is -2.04. The van der Waals surface area contributed by atoms with Gasteiger partial charge in [-0.1, -0.05) is 54.2 Å². The van der Waals surface area contributed by atoms with E-state index in [9.17, 15) is 19.7 Å². The van der Waals surface area contributed by atoms with Crippen LogP contribution >= 0.6 is 11.8 Å². The first kappa shape index (κ1) is 18.5. The predicted octanol–water partition coefficient (Wildman–Crippen LogP) is 2.79. The number of amides is 1. The molecule has 1 heterocycles. The Balaban J connectivity index is 1.62. The zero-order valence-corrected chi connectivity index (χ0v) is 14.8. The standard InChI is InChI=1S/C18H14N4O4S/c23-15(13-6-2-1-3-7-13)10-16-17(24)20-18(27-16)21-19-11-12-5-4-8-14(9-12)22(25)26/h1-9,11,16H,10H2,(H,20,21,24)/b19-11+. The molecule has 0 aromatic heterocycles. The van der Waals surface area contributed by atoms with Crippen LogP contribution in [0, 0.1) is 10.1 Å². The van der Waals surface area contributed by atoms with Crippen LogP contribution < -0.4 is 5.32 Å². The summed E-state index contributed by atoms with van der Waals surface area (Å²) in [4.78, 5) is 34.5. The van der Waals surface area contributed by atoms with Crippen LogP contribution in [0.5, 0.6) is 0 Å². The summed E-state index contributed by atoms with van der Waals surface area (Å²) in [6.07, 6.45) is 1.42. The van der Waals surface area contributed by atoms with E-state index in [0.717, 1.165) is 11.8 Å². The van der Waals surface area contributed by atoms with E-state index in [-0.39, 0.29) is 29.0 Å². The molecule has 0 saturated carbocycles. The third-order valence-electron chi connectivity index (χ3n) is 3.68. The molecule has 1 unspecified atom stereocenters. The van der Waals surface area contributed by atoms with Gasteiger partial charge >= 0.3 is 0 Å². The molecule has 1 saturated heterocycles. The number of benzene rings is 2. The molecule has 2 aromatic carbocycles. The van der Waals surface area contributed by atoms with E-state index in [4.69, 9.17) is 0 Å². The van der Waals surface area contributed by atoms with E-state index in [0.29, 0.717) is 11.1 Å². The molecule has 1 aliphatic heterocycles. The molecule has 1 N–H and O–H groups in total. The van der Waals surface area contributed by atoms with Gasteiger partial charge in [0.15, 0.2) is 11.0 Å². The summed E-state index contributed by atoms with van der Waals surface area (Å²) in [6.45, 7) is 0. The number of ketones is 1. The van der Waals surface area contributed by atoms with Gasteiger partial charge in [0.2, 0.25) is 5.91 Å². The Morgan fingerprint density at radius 2 is 2.00 bits per heavy atom. The van der Waals surface area contributed by atoms with Crippen molar-refractivity contribution in [2.24, 2.45) is 10.2 Å². The Labute approximate surface area is 158 Å². The number of carbonyl (C=O) groups is 2. The van der Waals surface area contributed by atoms with Crippen LogP contribution in [0.25, 0.3) is 0 Å². The van der Waals surface area contributed by atoms with Gasteiger partial charge in [0.25, 0.3) is 5.69 Å². The number of carbonyl (C=O) groups excluding carboxylic acids is 2. The minimum atomic E-state index is -0.565. The highest BCUT2D eigenvalue weighted by atomic mass is 32.2. The monoisotopic (exact) mass is 382 g/mol. The first-order chi connectivity index (χ1) is 13.0. The second-order valence-electron chi connectivity index (χ2n) is 5.59. The number of Topliss-reactive ketones (excluding diaryl/α,β-unsaturated/α-hetero) is 1. The number of hydrogen-bond acceptors (Lipinski definition) is 7. The van der Waals surface area contributed by atoms with Crippen molar-refractivity contribution in [2.45, 2.75) is 11.7 Å². The summed E-state index contributed by atoms with van der Waals surface area (Å²) in [5.41, 5.74) is 1.02. The average molecular weight is 382 g/mol. The maximum atomic E-state index is 12.2. The third-order valence-corrected chi connectivity index (χ3v) is 4.75. The zero-order chi connectivity index (χ0) is 19.2. The van der Waals surface area contributed by atoms with E-state index < -0.39 is 10.2 Å². The molecule has 1 atom stereocenters. The summed E-state index contributed by atoms with van der Waals surface area (Å²) in [6, 6.07) is 14.7. The maximum Gasteiger partial charge on any atom is 0.270 e. The Hall–Kier alpha value is -3.33. The lowest BCUT2D eigenvalue weighted by atomic mass is 10.1. The molecule has 0 radical (unpaired) electrons. The van der Waals surface area contributed by atoms with Gasteiger partial charge < -0.3 is 5.32 Å². The summed E-state index contributed by atoms with van der Waals surface area (Å²) < 4.78 is 0. The third kappa shape index (κ3) is 4.85. The number of nitro groups is 1. The van der Waals surface area contributed by atoms with Crippen LogP contribution in [-0.2, 0) is 4.79 Å². The van der Waals surface area contributed by atoms with Crippen LogP contribution in [0.3, 0.4) is 0 Å². The second kappa shape index (κ2) is 8.37. The summed E-state index contributed by atoms with van der Waals surface area (Å²) in [5, 5.41) is 20.8. The largest absolute Gasteiger partial charge is 0.303 e. The Kier molecular flexibility index (Phi) is 5.72. The predicted molar refractivity (Wildman–Crippen MR) is 103 cm³/mol. The van der Waals surface area contributed by atoms with Gasteiger partial charge in [0, 0.05) is 29.7 Å². The summed E-state index contributed by atoms with van der Waals surface area (Å²) >= 11 is 1.13. The number of thioether (sulfide) groups is 1. The van der Waals surface area contributed by atoms with Crippen LogP contribution in [0.2, 0.25) is 0 Å². The highest BCUT2D eigenvalue weighted by Crippen LogP contribution is 2.24. The number of rotatable bonds is 6. The molecule has 0 spiro atoms. The number of nitrogens with zero attached hydrogens (tertiary/aromatic N) is 3. The van der Waals surface area contributed by atoms with Crippen molar-refractivity contribution in [3.63, 3.8) is 0 Å². The molecule has 136 valence electrons. The molecular formula is C18H14N4O4S. The Bertz CT molecular complexity index is 943.